The Morgan fingerprint density at radius 2 is 2.20 bits per heavy atom. The topological polar surface area (TPSA) is 91.6 Å². The Morgan fingerprint density at radius 3 is 2.85 bits per heavy atom. The predicted molar refractivity (Wildman–Crippen MR) is 72.3 cm³/mol. The van der Waals surface area contributed by atoms with Gasteiger partial charge in [-0.05, 0) is 0 Å². The molecule has 1 aliphatic heterocycles. The van der Waals surface area contributed by atoms with Crippen LogP contribution >= 0.6 is 0 Å². The van der Waals surface area contributed by atoms with E-state index in [0.717, 1.165) is 4.90 Å². The third kappa shape index (κ3) is 1.85. The van der Waals surface area contributed by atoms with Crippen LogP contribution in [0.3, 0.4) is 0 Å². The lowest BCUT2D eigenvalue weighted by Crippen LogP contribution is -2.32. The molecule has 2 aromatic rings. The number of likely N-dealkylation sites (N-methyl/N-ethyl adjacent to an activating group) is 1. The van der Waals surface area contributed by atoms with Crippen LogP contribution in [-0.4, -0.2) is 51.2 Å². The number of rotatable bonds is 3. The lowest BCUT2D eigenvalue weighted by Gasteiger charge is -2.13. The van der Waals surface area contributed by atoms with Gasteiger partial charge < -0.3 is 15.0 Å². The molecule has 1 aliphatic rings. The summed E-state index contributed by atoms with van der Waals surface area (Å²) < 4.78 is 1.80. The number of nitrogens with zero attached hydrogens (tertiary/aromatic N) is 4. The highest BCUT2D eigenvalue weighted by molar-refractivity contribution is 6.06. The summed E-state index contributed by atoms with van der Waals surface area (Å²) in [5.41, 5.74) is 0.610. The molecule has 20 heavy (non-hydrogen) atoms. The molecule has 0 saturated carbocycles. The van der Waals surface area contributed by atoms with Gasteiger partial charge in [0.1, 0.15) is 11.9 Å². The van der Waals surface area contributed by atoms with Crippen molar-refractivity contribution in [2.75, 3.05) is 24.7 Å². The molecule has 2 N–H and O–H groups in total. The van der Waals surface area contributed by atoms with Gasteiger partial charge in [0.05, 0.1) is 12.6 Å². The number of fused-ring (bicyclic) bond motifs is 1. The lowest BCUT2D eigenvalue weighted by molar-refractivity contribution is -0.136. The molecule has 3 rings (SSSR count). The highest BCUT2D eigenvalue weighted by atomic mass is 16.2. The van der Waals surface area contributed by atoms with E-state index >= 15 is 0 Å². The number of amides is 2. The summed E-state index contributed by atoms with van der Waals surface area (Å²) in [6.07, 6.45) is 5.36. The van der Waals surface area contributed by atoms with Crippen LogP contribution in [0.5, 0.6) is 0 Å². The Hall–Kier alpha value is -2.64. The van der Waals surface area contributed by atoms with E-state index in [0.29, 0.717) is 17.3 Å². The van der Waals surface area contributed by atoms with Crippen LogP contribution in [0.15, 0.2) is 18.6 Å². The van der Waals surface area contributed by atoms with Crippen molar-refractivity contribution >= 4 is 29.1 Å². The summed E-state index contributed by atoms with van der Waals surface area (Å²) in [5, 5.41) is 5.95. The number of anilines is 2. The van der Waals surface area contributed by atoms with E-state index in [9.17, 15) is 9.59 Å². The van der Waals surface area contributed by atoms with Crippen molar-refractivity contribution in [3.63, 3.8) is 0 Å². The average molecular weight is 274 g/mol. The maximum Gasteiger partial charge on any atom is 0.251 e. The zero-order valence-electron chi connectivity index (χ0n) is 11.1. The molecule has 0 aromatic carbocycles. The van der Waals surface area contributed by atoms with Gasteiger partial charge in [-0.25, -0.2) is 9.97 Å². The fourth-order valence-electron chi connectivity index (χ4n) is 2.18. The van der Waals surface area contributed by atoms with E-state index in [1.165, 1.54) is 7.05 Å². The van der Waals surface area contributed by atoms with Crippen molar-refractivity contribution in [2.45, 2.75) is 12.5 Å². The minimum absolute atomic E-state index is 0.133. The molecule has 1 saturated heterocycles. The zero-order chi connectivity index (χ0) is 14.3. The van der Waals surface area contributed by atoms with E-state index in [2.05, 4.69) is 20.6 Å². The van der Waals surface area contributed by atoms with Crippen molar-refractivity contribution in [2.24, 2.45) is 0 Å². The standard InChI is InChI=1S/C12H14N6O2/c1-13-8-6-18-4-3-14-11(18)10(16-8)15-7-5-9(19)17(2)12(7)20/h3-4,6-7,13H,5H2,1-2H3,(H,15,16). The number of hydrogen-bond donors (Lipinski definition) is 2. The number of nitrogens with one attached hydrogen (secondary N) is 2. The zero-order valence-corrected chi connectivity index (χ0v) is 11.1. The van der Waals surface area contributed by atoms with Crippen LogP contribution in [0.25, 0.3) is 5.65 Å². The molecule has 1 fully saturated rings. The number of carbonyl (C=O) groups excluding carboxylic acids is 2. The van der Waals surface area contributed by atoms with E-state index in [4.69, 9.17) is 0 Å². The molecule has 104 valence electrons. The molecule has 0 bridgehead atoms. The SMILES string of the molecule is CNc1cn2ccnc2c(NC2CC(=O)N(C)C2=O)n1. The van der Waals surface area contributed by atoms with Crippen LogP contribution < -0.4 is 10.6 Å². The Morgan fingerprint density at radius 1 is 1.40 bits per heavy atom. The molecule has 2 aromatic heterocycles. The van der Waals surface area contributed by atoms with Gasteiger partial charge in [-0.2, -0.15) is 0 Å². The molecule has 1 unspecified atom stereocenters. The van der Waals surface area contributed by atoms with Crippen molar-refractivity contribution in [1.82, 2.24) is 19.3 Å². The van der Waals surface area contributed by atoms with Crippen molar-refractivity contribution < 1.29 is 9.59 Å². The monoisotopic (exact) mass is 274 g/mol. The molecule has 8 heteroatoms. The van der Waals surface area contributed by atoms with Gasteiger partial charge in [0, 0.05) is 26.5 Å². The second kappa shape index (κ2) is 4.48. The van der Waals surface area contributed by atoms with Crippen LogP contribution in [0.4, 0.5) is 11.6 Å². The van der Waals surface area contributed by atoms with E-state index in [-0.39, 0.29) is 18.2 Å². The molecule has 0 radical (unpaired) electrons. The summed E-state index contributed by atoms with van der Waals surface area (Å²) >= 11 is 0. The maximum atomic E-state index is 11.9. The molecule has 3 heterocycles. The number of imide groups is 1. The number of carbonyl (C=O) groups is 2. The summed E-state index contributed by atoms with van der Waals surface area (Å²) in [4.78, 5) is 33.1. The highest BCUT2D eigenvalue weighted by Gasteiger charge is 2.36. The van der Waals surface area contributed by atoms with Gasteiger partial charge in [0.15, 0.2) is 11.5 Å². The smallest absolute Gasteiger partial charge is 0.251 e. The number of hydrogen-bond acceptors (Lipinski definition) is 6. The highest BCUT2D eigenvalue weighted by Crippen LogP contribution is 2.20. The summed E-state index contributed by atoms with van der Waals surface area (Å²) in [5.74, 6) is 0.666. The number of likely N-dealkylation sites (tertiary alicyclic amines) is 1. The fraction of sp³-hybridized carbons (Fsp3) is 0.333. The predicted octanol–water partition coefficient (Wildman–Crippen LogP) is -0.0598. The third-order valence-electron chi connectivity index (χ3n) is 3.32. The molecule has 8 nitrogen and oxygen atoms in total. The molecule has 1 atom stereocenters. The maximum absolute atomic E-state index is 11.9. The first-order valence-corrected chi connectivity index (χ1v) is 6.18. The molecular weight excluding hydrogens is 260 g/mol. The Labute approximate surface area is 114 Å². The first-order chi connectivity index (χ1) is 9.60. The van der Waals surface area contributed by atoms with Crippen LogP contribution in [0.1, 0.15) is 6.42 Å². The second-order valence-electron chi connectivity index (χ2n) is 4.57. The molecule has 2 amide bonds. The van der Waals surface area contributed by atoms with E-state index in [1.54, 1.807) is 30.0 Å². The Balaban J connectivity index is 1.96. The van der Waals surface area contributed by atoms with Gasteiger partial charge in [-0.15, -0.1) is 0 Å². The lowest BCUT2D eigenvalue weighted by atomic mass is 10.2. The fourth-order valence-corrected chi connectivity index (χ4v) is 2.18. The number of aromatic nitrogens is 3. The first kappa shape index (κ1) is 12.4. The third-order valence-corrected chi connectivity index (χ3v) is 3.32. The molecule has 0 spiro atoms. The summed E-state index contributed by atoms with van der Waals surface area (Å²) in [6.45, 7) is 0. The number of imidazole rings is 1. The van der Waals surface area contributed by atoms with Crippen LogP contribution in [0.2, 0.25) is 0 Å². The summed E-state index contributed by atoms with van der Waals surface area (Å²) in [7, 11) is 3.24. The minimum atomic E-state index is -0.590. The Kier molecular flexibility index (Phi) is 2.78. The van der Waals surface area contributed by atoms with Crippen molar-refractivity contribution in [3.8, 4) is 0 Å². The molecule has 0 aliphatic carbocycles. The van der Waals surface area contributed by atoms with Gasteiger partial charge in [0.2, 0.25) is 5.91 Å². The van der Waals surface area contributed by atoms with Crippen molar-refractivity contribution in [1.29, 1.82) is 0 Å². The molecular formula is C12H14N6O2. The quantitative estimate of drug-likeness (QED) is 0.762. The average Bonchev–Trinajstić information content (AvgIpc) is 3.00. The van der Waals surface area contributed by atoms with E-state index < -0.39 is 6.04 Å². The largest absolute Gasteiger partial charge is 0.372 e. The van der Waals surface area contributed by atoms with Gasteiger partial charge in [-0.1, -0.05) is 0 Å². The van der Waals surface area contributed by atoms with Crippen LogP contribution in [-0.2, 0) is 9.59 Å². The normalized spacial score (nSPS) is 18.9. The first-order valence-electron chi connectivity index (χ1n) is 6.18. The van der Waals surface area contributed by atoms with E-state index in [1.807, 2.05) is 0 Å². The second-order valence-corrected chi connectivity index (χ2v) is 4.57. The minimum Gasteiger partial charge on any atom is -0.372 e. The Bertz CT molecular complexity index is 694. The van der Waals surface area contributed by atoms with Crippen LogP contribution in [0, 0.1) is 0 Å². The van der Waals surface area contributed by atoms with Gasteiger partial charge in [-0.3, -0.25) is 14.5 Å². The van der Waals surface area contributed by atoms with Gasteiger partial charge >= 0.3 is 0 Å². The van der Waals surface area contributed by atoms with Crippen molar-refractivity contribution in [3.05, 3.63) is 18.6 Å². The van der Waals surface area contributed by atoms with Gasteiger partial charge in [0.25, 0.3) is 5.91 Å². The summed E-state index contributed by atoms with van der Waals surface area (Å²) in [6, 6.07) is -0.590.